The third kappa shape index (κ3) is 3.58. The molecule has 0 aliphatic heterocycles. The van der Waals surface area contributed by atoms with Gasteiger partial charge in [0.2, 0.25) is 0 Å². The first kappa shape index (κ1) is 15.4. The Bertz CT molecular complexity index is 616. The second-order valence-electron chi connectivity index (χ2n) is 4.60. The Balaban J connectivity index is 2.24. The molecule has 0 radical (unpaired) electrons. The van der Waals surface area contributed by atoms with E-state index in [0.717, 1.165) is 11.3 Å². The van der Waals surface area contributed by atoms with Gasteiger partial charge in [-0.1, -0.05) is 23.7 Å². The van der Waals surface area contributed by atoms with Crippen molar-refractivity contribution in [1.29, 1.82) is 0 Å². The number of methoxy groups -OCH3 is 2. The average Bonchev–Trinajstić information content (AvgIpc) is 2.49. The maximum atomic E-state index is 13.0. The molecule has 0 spiro atoms. The number of anilines is 1. The molecule has 2 aromatic carbocycles. The molecular weight excluding hydrogens is 293 g/mol. The van der Waals surface area contributed by atoms with E-state index in [1.807, 2.05) is 6.92 Å². The summed E-state index contributed by atoms with van der Waals surface area (Å²) >= 11 is 6.24. The van der Waals surface area contributed by atoms with Crippen molar-refractivity contribution in [2.75, 3.05) is 19.5 Å². The first-order valence-corrected chi connectivity index (χ1v) is 6.86. The maximum Gasteiger partial charge on any atom is 0.162 e. The van der Waals surface area contributed by atoms with Crippen LogP contribution in [0.1, 0.15) is 18.5 Å². The smallest absolute Gasteiger partial charge is 0.162 e. The van der Waals surface area contributed by atoms with Crippen LogP contribution < -0.4 is 14.8 Å². The molecule has 1 N–H and O–H groups in total. The molecule has 2 aromatic rings. The van der Waals surface area contributed by atoms with Crippen molar-refractivity contribution in [3.63, 3.8) is 0 Å². The van der Waals surface area contributed by atoms with Gasteiger partial charge in [0.05, 0.1) is 24.9 Å². The Hall–Kier alpha value is -1.94. The zero-order valence-electron chi connectivity index (χ0n) is 12.1. The normalized spacial score (nSPS) is 11.9. The number of hydrogen-bond donors (Lipinski definition) is 1. The minimum absolute atomic E-state index is 0.0267. The number of nitrogens with one attached hydrogen (secondary N) is 1. The molecule has 0 aliphatic rings. The van der Waals surface area contributed by atoms with Crippen LogP contribution in [0.25, 0.3) is 0 Å². The molecule has 0 aliphatic carbocycles. The fourth-order valence-electron chi connectivity index (χ4n) is 2.03. The summed E-state index contributed by atoms with van der Waals surface area (Å²) in [4.78, 5) is 0. The van der Waals surface area contributed by atoms with Crippen LogP contribution in [0.2, 0.25) is 5.02 Å². The molecule has 21 heavy (non-hydrogen) atoms. The average molecular weight is 310 g/mol. The largest absolute Gasteiger partial charge is 0.493 e. The minimum Gasteiger partial charge on any atom is -0.493 e. The van der Waals surface area contributed by atoms with E-state index in [4.69, 9.17) is 21.1 Å². The number of halogens is 2. The Labute approximate surface area is 128 Å². The molecule has 1 unspecified atom stereocenters. The standard InChI is InChI=1S/C16H17ClFNO2/c1-10(11-4-6-12(18)7-5-11)19-14-9-16(21-3)15(20-2)8-13(14)17/h4-10,19H,1-3H3. The van der Waals surface area contributed by atoms with Gasteiger partial charge in [-0.2, -0.15) is 0 Å². The number of hydrogen-bond acceptors (Lipinski definition) is 3. The van der Waals surface area contributed by atoms with E-state index in [9.17, 15) is 4.39 Å². The lowest BCUT2D eigenvalue weighted by Gasteiger charge is -2.18. The quantitative estimate of drug-likeness (QED) is 0.870. The number of ether oxygens (including phenoxy) is 2. The maximum absolute atomic E-state index is 13.0. The van der Waals surface area contributed by atoms with Gasteiger partial charge in [0.1, 0.15) is 5.82 Å². The molecule has 2 rings (SSSR count). The number of rotatable bonds is 5. The van der Waals surface area contributed by atoms with E-state index in [1.165, 1.54) is 12.1 Å². The summed E-state index contributed by atoms with van der Waals surface area (Å²) in [5, 5.41) is 3.81. The van der Waals surface area contributed by atoms with E-state index >= 15 is 0 Å². The summed E-state index contributed by atoms with van der Waals surface area (Å²) < 4.78 is 23.4. The number of benzene rings is 2. The molecule has 112 valence electrons. The molecule has 0 saturated carbocycles. The van der Waals surface area contributed by atoms with E-state index in [1.54, 1.807) is 38.5 Å². The van der Waals surface area contributed by atoms with Gasteiger partial charge in [0.25, 0.3) is 0 Å². The van der Waals surface area contributed by atoms with Crippen molar-refractivity contribution in [1.82, 2.24) is 0 Å². The van der Waals surface area contributed by atoms with Gasteiger partial charge < -0.3 is 14.8 Å². The molecule has 0 fully saturated rings. The summed E-state index contributed by atoms with van der Waals surface area (Å²) in [7, 11) is 3.13. The Kier molecular flexibility index (Phi) is 4.91. The van der Waals surface area contributed by atoms with Crippen molar-refractivity contribution >= 4 is 17.3 Å². The molecule has 0 heterocycles. The van der Waals surface area contributed by atoms with Crippen molar-refractivity contribution in [3.05, 3.63) is 52.8 Å². The lowest BCUT2D eigenvalue weighted by Crippen LogP contribution is -2.07. The molecule has 0 aromatic heterocycles. The van der Waals surface area contributed by atoms with Crippen LogP contribution in [0.15, 0.2) is 36.4 Å². The van der Waals surface area contributed by atoms with Gasteiger partial charge in [-0.05, 0) is 24.6 Å². The van der Waals surface area contributed by atoms with E-state index in [2.05, 4.69) is 5.32 Å². The predicted octanol–water partition coefficient (Wildman–Crippen LogP) is 4.67. The van der Waals surface area contributed by atoms with Crippen molar-refractivity contribution < 1.29 is 13.9 Å². The van der Waals surface area contributed by atoms with Gasteiger partial charge in [-0.3, -0.25) is 0 Å². The third-order valence-electron chi connectivity index (χ3n) is 3.22. The molecule has 0 amide bonds. The Morgan fingerprint density at radius 1 is 1.05 bits per heavy atom. The second kappa shape index (κ2) is 6.68. The molecule has 0 saturated heterocycles. The lowest BCUT2D eigenvalue weighted by atomic mass is 10.1. The SMILES string of the molecule is COc1cc(Cl)c(NC(C)c2ccc(F)cc2)cc1OC. The molecule has 1 atom stereocenters. The molecule has 5 heteroatoms. The first-order chi connectivity index (χ1) is 10.0. The van der Waals surface area contributed by atoms with E-state index in [0.29, 0.717) is 16.5 Å². The zero-order chi connectivity index (χ0) is 15.4. The van der Waals surface area contributed by atoms with Crippen LogP contribution in [0.3, 0.4) is 0 Å². The van der Waals surface area contributed by atoms with Crippen LogP contribution in [0.4, 0.5) is 10.1 Å². The summed E-state index contributed by atoms with van der Waals surface area (Å²) in [5.74, 6) is 0.910. The highest BCUT2D eigenvalue weighted by molar-refractivity contribution is 6.33. The van der Waals surface area contributed by atoms with Crippen LogP contribution >= 0.6 is 11.6 Å². The summed E-state index contributed by atoms with van der Waals surface area (Å²) in [6, 6.07) is 9.79. The highest BCUT2D eigenvalue weighted by Gasteiger charge is 2.12. The third-order valence-corrected chi connectivity index (χ3v) is 3.53. The highest BCUT2D eigenvalue weighted by atomic mass is 35.5. The predicted molar refractivity (Wildman–Crippen MR) is 83.0 cm³/mol. The van der Waals surface area contributed by atoms with Crippen LogP contribution in [0.5, 0.6) is 11.5 Å². The summed E-state index contributed by atoms with van der Waals surface area (Å²) in [5.41, 5.74) is 1.69. The summed E-state index contributed by atoms with van der Waals surface area (Å²) in [6.45, 7) is 1.97. The minimum atomic E-state index is -0.255. The Morgan fingerprint density at radius 2 is 1.62 bits per heavy atom. The van der Waals surface area contributed by atoms with Gasteiger partial charge in [-0.15, -0.1) is 0 Å². The van der Waals surface area contributed by atoms with Crippen LogP contribution in [-0.2, 0) is 0 Å². The van der Waals surface area contributed by atoms with Crippen molar-refractivity contribution in [2.45, 2.75) is 13.0 Å². The fraction of sp³-hybridized carbons (Fsp3) is 0.250. The summed E-state index contributed by atoms with van der Waals surface area (Å²) in [6.07, 6.45) is 0. The topological polar surface area (TPSA) is 30.5 Å². The monoisotopic (exact) mass is 309 g/mol. The zero-order valence-corrected chi connectivity index (χ0v) is 12.9. The Morgan fingerprint density at radius 3 is 2.19 bits per heavy atom. The molecule has 3 nitrogen and oxygen atoms in total. The van der Waals surface area contributed by atoms with Crippen LogP contribution in [-0.4, -0.2) is 14.2 Å². The molecule has 0 bridgehead atoms. The van der Waals surface area contributed by atoms with Gasteiger partial charge in [0, 0.05) is 18.2 Å². The van der Waals surface area contributed by atoms with Crippen LogP contribution in [0, 0.1) is 5.82 Å². The fourth-order valence-corrected chi connectivity index (χ4v) is 2.24. The van der Waals surface area contributed by atoms with Gasteiger partial charge in [-0.25, -0.2) is 4.39 Å². The van der Waals surface area contributed by atoms with Gasteiger partial charge in [0.15, 0.2) is 11.5 Å². The van der Waals surface area contributed by atoms with E-state index in [-0.39, 0.29) is 11.9 Å². The second-order valence-corrected chi connectivity index (χ2v) is 5.01. The molecular formula is C16H17ClFNO2. The van der Waals surface area contributed by atoms with Gasteiger partial charge >= 0.3 is 0 Å². The van der Waals surface area contributed by atoms with E-state index < -0.39 is 0 Å². The van der Waals surface area contributed by atoms with Crippen molar-refractivity contribution in [2.24, 2.45) is 0 Å². The lowest BCUT2D eigenvalue weighted by molar-refractivity contribution is 0.355. The first-order valence-electron chi connectivity index (χ1n) is 6.48. The van der Waals surface area contributed by atoms with Crippen molar-refractivity contribution in [3.8, 4) is 11.5 Å². The highest BCUT2D eigenvalue weighted by Crippen LogP contribution is 2.37.